The van der Waals surface area contributed by atoms with Gasteiger partial charge in [0.15, 0.2) is 0 Å². The van der Waals surface area contributed by atoms with Gasteiger partial charge in [0.1, 0.15) is 0 Å². The van der Waals surface area contributed by atoms with Crippen molar-refractivity contribution in [2.75, 3.05) is 13.1 Å². The van der Waals surface area contributed by atoms with Crippen LogP contribution in [0.4, 0.5) is 0 Å². The molecule has 0 spiro atoms. The number of hydrogen-bond donors (Lipinski definition) is 2. The van der Waals surface area contributed by atoms with Crippen molar-refractivity contribution in [1.82, 2.24) is 9.88 Å². The average Bonchev–Trinajstić information content (AvgIpc) is 2.94. The smallest absolute Gasteiger partial charge is 0.256 e. The lowest BCUT2D eigenvalue weighted by molar-refractivity contribution is 0.0729. The molecule has 21 heavy (non-hydrogen) atoms. The minimum absolute atomic E-state index is 0.156. The number of benzene rings is 1. The molecule has 0 radical (unpaired) electrons. The van der Waals surface area contributed by atoms with Crippen molar-refractivity contribution >= 4 is 26.8 Å². The lowest BCUT2D eigenvalue weighted by Gasteiger charge is -2.31. The zero-order valence-electron chi connectivity index (χ0n) is 11.5. The standard InChI is InChI=1S/C14H17N3O3S/c15-21(19,20)11-4-2-8-17(9-11)14(18)12-5-1-3-10-6-7-16-13(10)12/h1,3,5-7,11,16H,2,4,8-9H2,(H2,15,19,20). The third kappa shape index (κ3) is 2.66. The van der Waals surface area contributed by atoms with Crippen LogP contribution in [0, 0.1) is 0 Å². The molecule has 0 bridgehead atoms. The Kier molecular flexibility index (Phi) is 3.46. The third-order valence-electron chi connectivity index (χ3n) is 3.95. The van der Waals surface area contributed by atoms with Gasteiger partial charge in [-0.15, -0.1) is 0 Å². The highest BCUT2D eigenvalue weighted by molar-refractivity contribution is 7.89. The summed E-state index contributed by atoms with van der Waals surface area (Å²) in [5, 5.41) is 5.50. The van der Waals surface area contributed by atoms with E-state index < -0.39 is 15.3 Å². The van der Waals surface area contributed by atoms with Crippen LogP contribution in [-0.2, 0) is 10.0 Å². The van der Waals surface area contributed by atoms with Crippen LogP contribution in [0.25, 0.3) is 10.9 Å². The molecule has 7 heteroatoms. The first-order chi connectivity index (χ1) is 9.97. The van der Waals surface area contributed by atoms with E-state index in [0.717, 1.165) is 10.9 Å². The average molecular weight is 307 g/mol. The summed E-state index contributed by atoms with van der Waals surface area (Å²) in [5.41, 5.74) is 1.34. The molecule has 1 aromatic heterocycles. The summed E-state index contributed by atoms with van der Waals surface area (Å²) in [6, 6.07) is 7.40. The molecule has 6 nitrogen and oxygen atoms in total. The number of piperidine rings is 1. The molecule has 1 unspecified atom stereocenters. The van der Waals surface area contributed by atoms with Gasteiger partial charge in [0.25, 0.3) is 5.91 Å². The number of para-hydroxylation sites is 1. The van der Waals surface area contributed by atoms with E-state index in [9.17, 15) is 13.2 Å². The molecule has 0 aliphatic carbocycles. The molecule has 2 aromatic rings. The third-order valence-corrected chi connectivity index (χ3v) is 5.26. The fourth-order valence-electron chi connectivity index (χ4n) is 2.82. The number of carbonyl (C=O) groups excluding carboxylic acids is 1. The number of nitrogens with two attached hydrogens (primary N) is 1. The molecule has 1 aromatic carbocycles. The molecule has 1 atom stereocenters. The monoisotopic (exact) mass is 307 g/mol. The molecule has 1 aliphatic heterocycles. The zero-order valence-corrected chi connectivity index (χ0v) is 12.3. The lowest BCUT2D eigenvalue weighted by atomic mass is 10.1. The number of primary sulfonamides is 1. The summed E-state index contributed by atoms with van der Waals surface area (Å²) in [5.74, 6) is -0.156. The van der Waals surface area contributed by atoms with Crippen molar-refractivity contribution in [3.63, 3.8) is 0 Å². The van der Waals surface area contributed by atoms with Crippen LogP contribution in [0.5, 0.6) is 0 Å². The number of nitrogens with zero attached hydrogens (tertiary/aromatic N) is 1. The van der Waals surface area contributed by atoms with Crippen molar-refractivity contribution in [1.29, 1.82) is 0 Å². The fourth-order valence-corrected chi connectivity index (χ4v) is 3.71. The summed E-state index contributed by atoms with van der Waals surface area (Å²) in [4.78, 5) is 17.3. The molecule has 1 amide bonds. The van der Waals surface area contributed by atoms with E-state index in [4.69, 9.17) is 5.14 Å². The number of aromatic nitrogens is 1. The SMILES string of the molecule is NS(=O)(=O)C1CCCN(C(=O)c2cccc3cc[nH]c23)C1. The maximum absolute atomic E-state index is 12.7. The molecule has 1 aliphatic rings. The van der Waals surface area contributed by atoms with Gasteiger partial charge in [-0.2, -0.15) is 0 Å². The topological polar surface area (TPSA) is 96.3 Å². The molecule has 1 saturated heterocycles. The first-order valence-electron chi connectivity index (χ1n) is 6.84. The van der Waals surface area contributed by atoms with E-state index in [2.05, 4.69) is 4.98 Å². The number of likely N-dealkylation sites (tertiary alicyclic amines) is 1. The molecule has 3 N–H and O–H groups in total. The van der Waals surface area contributed by atoms with Gasteiger partial charge in [-0.05, 0) is 25.0 Å². The summed E-state index contributed by atoms with van der Waals surface area (Å²) in [6.45, 7) is 0.719. The second kappa shape index (κ2) is 5.16. The van der Waals surface area contributed by atoms with Crippen LogP contribution in [0.15, 0.2) is 30.5 Å². The highest BCUT2D eigenvalue weighted by atomic mass is 32.2. The van der Waals surface area contributed by atoms with Crippen LogP contribution < -0.4 is 5.14 Å². The van der Waals surface area contributed by atoms with Gasteiger partial charge in [0.2, 0.25) is 10.0 Å². The van der Waals surface area contributed by atoms with Crippen molar-refractivity contribution < 1.29 is 13.2 Å². The summed E-state index contributed by atoms with van der Waals surface area (Å²) in [6.07, 6.45) is 2.94. The largest absolute Gasteiger partial charge is 0.361 e. The number of rotatable bonds is 2. The van der Waals surface area contributed by atoms with Crippen molar-refractivity contribution in [2.24, 2.45) is 5.14 Å². The molecule has 2 heterocycles. The minimum atomic E-state index is -3.61. The fraction of sp³-hybridized carbons (Fsp3) is 0.357. The van der Waals surface area contributed by atoms with Crippen molar-refractivity contribution in [2.45, 2.75) is 18.1 Å². The molecule has 0 saturated carbocycles. The van der Waals surface area contributed by atoms with E-state index in [-0.39, 0.29) is 12.5 Å². The number of hydrogen-bond acceptors (Lipinski definition) is 3. The normalized spacial score (nSPS) is 19.9. The molecular formula is C14H17N3O3S. The molecule has 112 valence electrons. The van der Waals surface area contributed by atoms with Gasteiger partial charge < -0.3 is 9.88 Å². The summed E-state index contributed by atoms with van der Waals surface area (Å²) < 4.78 is 23.0. The Bertz CT molecular complexity index is 782. The second-order valence-electron chi connectivity index (χ2n) is 5.35. The van der Waals surface area contributed by atoms with Gasteiger partial charge >= 0.3 is 0 Å². The molecule has 1 fully saturated rings. The molecule has 3 rings (SSSR count). The van der Waals surface area contributed by atoms with Gasteiger partial charge in [-0.25, -0.2) is 13.6 Å². The Morgan fingerprint density at radius 3 is 2.90 bits per heavy atom. The van der Waals surface area contributed by atoms with Crippen molar-refractivity contribution in [3.05, 3.63) is 36.0 Å². The Balaban J connectivity index is 1.90. The summed E-state index contributed by atoms with van der Waals surface area (Å²) in [7, 11) is -3.61. The number of carbonyl (C=O) groups is 1. The maximum Gasteiger partial charge on any atom is 0.256 e. The van der Waals surface area contributed by atoms with Crippen molar-refractivity contribution in [3.8, 4) is 0 Å². The van der Waals surface area contributed by atoms with Crippen LogP contribution >= 0.6 is 0 Å². The lowest BCUT2D eigenvalue weighted by Crippen LogP contribution is -2.47. The Morgan fingerprint density at radius 1 is 1.33 bits per heavy atom. The van der Waals surface area contributed by atoms with Crippen LogP contribution in [-0.4, -0.2) is 42.5 Å². The van der Waals surface area contributed by atoms with E-state index >= 15 is 0 Å². The first kappa shape index (κ1) is 14.1. The van der Waals surface area contributed by atoms with Crippen LogP contribution in [0.1, 0.15) is 23.2 Å². The van der Waals surface area contributed by atoms with Crippen LogP contribution in [0.2, 0.25) is 0 Å². The number of fused-ring (bicyclic) bond motifs is 1. The quantitative estimate of drug-likeness (QED) is 0.868. The number of aromatic amines is 1. The predicted molar refractivity (Wildman–Crippen MR) is 80.3 cm³/mol. The van der Waals surface area contributed by atoms with E-state index in [1.807, 2.05) is 18.2 Å². The van der Waals surface area contributed by atoms with E-state index in [1.54, 1.807) is 17.2 Å². The number of nitrogens with one attached hydrogen (secondary N) is 1. The number of sulfonamides is 1. The van der Waals surface area contributed by atoms with Gasteiger partial charge in [-0.1, -0.05) is 12.1 Å². The van der Waals surface area contributed by atoms with E-state index in [1.165, 1.54) is 0 Å². The van der Waals surface area contributed by atoms with E-state index in [0.29, 0.717) is 24.9 Å². The highest BCUT2D eigenvalue weighted by Gasteiger charge is 2.31. The Morgan fingerprint density at radius 2 is 2.14 bits per heavy atom. The predicted octanol–water partition coefficient (Wildman–Crippen LogP) is 1.06. The van der Waals surface area contributed by atoms with Gasteiger partial charge in [0.05, 0.1) is 16.3 Å². The van der Waals surface area contributed by atoms with Gasteiger partial charge in [0, 0.05) is 24.7 Å². The highest BCUT2D eigenvalue weighted by Crippen LogP contribution is 2.22. The Labute approximate surface area is 123 Å². The summed E-state index contributed by atoms with van der Waals surface area (Å²) >= 11 is 0. The second-order valence-corrected chi connectivity index (χ2v) is 7.20. The zero-order chi connectivity index (χ0) is 15.0. The minimum Gasteiger partial charge on any atom is -0.361 e. The number of amides is 1. The van der Waals surface area contributed by atoms with Gasteiger partial charge in [-0.3, -0.25) is 4.79 Å². The maximum atomic E-state index is 12.7. The van der Waals surface area contributed by atoms with Crippen LogP contribution in [0.3, 0.4) is 0 Å². The molecular weight excluding hydrogens is 290 g/mol. The number of H-pyrrole nitrogens is 1. The Hall–Kier alpha value is -1.86. The first-order valence-corrected chi connectivity index (χ1v) is 8.45.